The Labute approximate surface area is 183 Å². The van der Waals surface area contributed by atoms with Crippen LogP contribution in [-0.4, -0.2) is 97.6 Å². The minimum absolute atomic E-state index is 0.116. The lowest BCUT2D eigenvalue weighted by atomic mass is 10.2. The lowest BCUT2D eigenvalue weighted by Crippen LogP contribution is -2.55. The van der Waals surface area contributed by atoms with E-state index in [-0.39, 0.29) is 12.5 Å². The molecular formula is C22H30N8O. The summed E-state index contributed by atoms with van der Waals surface area (Å²) in [7, 11) is 1.76. The van der Waals surface area contributed by atoms with Crippen LogP contribution in [0.15, 0.2) is 53.8 Å². The van der Waals surface area contributed by atoms with E-state index < -0.39 is 0 Å². The molecule has 0 aliphatic carbocycles. The zero-order valence-corrected chi connectivity index (χ0v) is 18.0. The number of rotatable bonds is 4. The lowest BCUT2D eigenvalue weighted by Gasteiger charge is -2.37. The second-order valence-corrected chi connectivity index (χ2v) is 7.63. The van der Waals surface area contributed by atoms with Crippen molar-refractivity contribution < 1.29 is 4.79 Å². The van der Waals surface area contributed by atoms with Crippen molar-refractivity contribution in [2.75, 3.05) is 75.8 Å². The van der Waals surface area contributed by atoms with Crippen molar-refractivity contribution in [1.82, 2.24) is 25.1 Å². The van der Waals surface area contributed by atoms with Crippen LogP contribution in [0.3, 0.4) is 0 Å². The summed E-state index contributed by atoms with van der Waals surface area (Å²) in [6, 6.07) is 12.2. The van der Waals surface area contributed by atoms with Gasteiger partial charge in [-0.05, 0) is 18.2 Å². The zero-order chi connectivity index (χ0) is 21.5. The number of anilines is 2. The van der Waals surface area contributed by atoms with Crippen LogP contribution >= 0.6 is 0 Å². The lowest BCUT2D eigenvalue weighted by molar-refractivity contribution is -0.130. The second-order valence-electron chi connectivity index (χ2n) is 7.63. The van der Waals surface area contributed by atoms with Crippen LogP contribution in [0.4, 0.5) is 11.6 Å². The van der Waals surface area contributed by atoms with Gasteiger partial charge in [0.2, 0.25) is 11.9 Å². The number of aliphatic imine (C=N–C) groups is 1. The van der Waals surface area contributed by atoms with Crippen LogP contribution in [0.1, 0.15) is 0 Å². The van der Waals surface area contributed by atoms with Crippen LogP contribution < -0.4 is 15.1 Å². The summed E-state index contributed by atoms with van der Waals surface area (Å²) >= 11 is 0. The molecule has 2 saturated heterocycles. The van der Waals surface area contributed by atoms with Gasteiger partial charge in [0.05, 0.1) is 6.54 Å². The van der Waals surface area contributed by atoms with E-state index in [9.17, 15) is 4.79 Å². The summed E-state index contributed by atoms with van der Waals surface area (Å²) in [5, 5.41) is 3.26. The van der Waals surface area contributed by atoms with E-state index >= 15 is 0 Å². The minimum Gasteiger partial charge on any atom is -0.368 e. The highest BCUT2D eigenvalue weighted by Crippen LogP contribution is 2.15. The molecule has 9 nitrogen and oxygen atoms in total. The first-order chi connectivity index (χ1) is 15.2. The number of para-hydroxylation sites is 1. The molecule has 1 aromatic heterocycles. The van der Waals surface area contributed by atoms with Crippen LogP contribution in [0, 0.1) is 0 Å². The molecule has 0 spiro atoms. The first-order valence-electron chi connectivity index (χ1n) is 10.8. The fraction of sp³-hybridized carbons (Fsp3) is 0.455. The molecule has 2 aliphatic rings. The van der Waals surface area contributed by atoms with E-state index in [1.54, 1.807) is 19.4 Å². The van der Waals surface area contributed by atoms with Crippen molar-refractivity contribution in [3.05, 3.63) is 48.8 Å². The monoisotopic (exact) mass is 422 g/mol. The molecule has 1 amide bonds. The fourth-order valence-electron chi connectivity index (χ4n) is 4.02. The molecule has 31 heavy (non-hydrogen) atoms. The number of amides is 1. The molecule has 1 N–H and O–H groups in total. The minimum atomic E-state index is 0.116. The maximum absolute atomic E-state index is 12.7. The average Bonchev–Trinajstić information content (AvgIpc) is 2.86. The van der Waals surface area contributed by atoms with Gasteiger partial charge in [0, 0.05) is 77.5 Å². The summed E-state index contributed by atoms with van der Waals surface area (Å²) in [5.41, 5.74) is 1.22. The van der Waals surface area contributed by atoms with Gasteiger partial charge in [-0.15, -0.1) is 0 Å². The van der Waals surface area contributed by atoms with Crippen molar-refractivity contribution in [3.8, 4) is 0 Å². The molecule has 0 saturated carbocycles. The normalized spacial score (nSPS) is 17.6. The largest absolute Gasteiger partial charge is 0.368 e. The van der Waals surface area contributed by atoms with Gasteiger partial charge in [-0.1, -0.05) is 18.2 Å². The molecule has 9 heteroatoms. The molecule has 0 unspecified atom stereocenters. The molecule has 0 atom stereocenters. The average molecular weight is 423 g/mol. The summed E-state index contributed by atoms with van der Waals surface area (Å²) in [6.45, 7) is 6.71. The predicted molar refractivity (Wildman–Crippen MR) is 122 cm³/mol. The number of hydrogen-bond donors (Lipinski definition) is 1. The van der Waals surface area contributed by atoms with E-state index in [1.165, 1.54) is 5.69 Å². The maximum Gasteiger partial charge on any atom is 0.242 e. The Morgan fingerprint density at radius 2 is 1.48 bits per heavy atom. The molecular weight excluding hydrogens is 392 g/mol. The Bertz CT molecular complexity index is 860. The number of piperazine rings is 2. The van der Waals surface area contributed by atoms with E-state index in [4.69, 9.17) is 0 Å². The third-order valence-electron chi connectivity index (χ3n) is 5.78. The highest BCUT2D eigenvalue weighted by molar-refractivity contribution is 5.86. The Kier molecular flexibility index (Phi) is 6.81. The van der Waals surface area contributed by atoms with E-state index in [2.05, 4.69) is 59.2 Å². The van der Waals surface area contributed by atoms with Crippen molar-refractivity contribution in [3.63, 3.8) is 0 Å². The van der Waals surface area contributed by atoms with E-state index in [0.29, 0.717) is 0 Å². The van der Waals surface area contributed by atoms with Crippen LogP contribution in [0.5, 0.6) is 0 Å². The Morgan fingerprint density at radius 3 is 2.13 bits per heavy atom. The predicted octanol–water partition coefficient (Wildman–Crippen LogP) is 0.523. The molecule has 0 radical (unpaired) electrons. The fourth-order valence-corrected chi connectivity index (χ4v) is 4.02. The number of benzene rings is 1. The van der Waals surface area contributed by atoms with Gasteiger partial charge in [-0.2, -0.15) is 0 Å². The van der Waals surface area contributed by atoms with Crippen LogP contribution in [0.2, 0.25) is 0 Å². The van der Waals surface area contributed by atoms with Gasteiger partial charge in [0.1, 0.15) is 0 Å². The molecule has 4 rings (SSSR count). The summed E-state index contributed by atoms with van der Waals surface area (Å²) < 4.78 is 0. The van der Waals surface area contributed by atoms with E-state index in [0.717, 1.165) is 64.3 Å². The second kappa shape index (κ2) is 10.1. The number of carbonyl (C=O) groups excluding carboxylic acids is 1. The highest BCUT2D eigenvalue weighted by Gasteiger charge is 2.24. The highest BCUT2D eigenvalue weighted by atomic mass is 16.2. The third-order valence-corrected chi connectivity index (χ3v) is 5.78. The quantitative estimate of drug-likeness (QED) is 0.568. The first kappa shape index (κ1) is 20.9. The number of carbonyl (C=O) groups is 1. The molecule has 164 valence electrons. The number of hydrogen-bond acceptors (Lipinski definition) is 6. The first-order valence-corrected chi connectivity index (χ1v) is 10.8. The zero-order valence-electron chi connectivity index (χ0n) is 18.0. The van der Waals surface area contributed by atoms with Gasteiger partial charge in [-0.25, -0.2) is 9.97 Å². The Morgan fingerprint density at radius 1 is 0.871 bits per heavy atom. The van der Waals surface area contributed by atoms with Gasteiger partial charge in [0.25, 0.3) is 0 Å². The number of guanidine groups is 1. The molecule has 1 aromatic carbocycles. The Balaban J connectivity index is 1.22. The van der Waals surface area contributed by atoms with Crippen LogP contribution in [-0.2, 0) is 4.79 Å². The summed E-state index contributed by atoms with van der Waals surface area (Å²) in [5.74, 6) is 1.64. The van der Waals surface area contributed by atoms with Crippen LogP contribution in [0.25, 0.3) is 0 Å². The standard InChI is InChI=1S/C22H30N8O/c1-23-21(29-14-16-30(17-15-29)22-24-8-5-9-25-22)26-18-20(31)28-12-10-27(11-13-28)19-6-3-2-4-7-19/h2-9H,10-18H2,1H3,(H,23,26). The van der Waals surface area contributed by atoms with Gasteiger partial charge < -0.3 is 24.9 Å². The van der Waals surface area contributed by atoms with Crippen molar-refractivity contribution in [2.24, 2.45) is 4.99 Å². The number of aromatic nitrogens is 2. The van der Waals surface area contributed by atoms with Crippen molar-refractivity contribution >= 4 is 23.5 Å². The van der Waals surface area contributed by atoms with Gasteiger partial charge >= 0.3 is 0 Å². The van der Waals surface area contributed by atoms with Gasteiger partial charge in [-0.3, -0.25) is 9.79 Å². The van der Waals surface area contributed by atoms with Crippen molar-refractivity contribution in [2.45, 2.75) is 0 Å². The van der Waals surface area contributed by atoms with Crippen molar-refractivity contribution in [1.29, 1.82) is 0 Å². The number of nitrogens with one attached hydrogen (secondary N) is 1. The topological polar surface area (TPSA) is 80.2 Å². The summed E-state index contributed by atoms with van der Waals surface area (Å²) in [6.07, 6.45) is 3.53. The maximum atomic E-state index is 12.7. The SMILES string of the molecule is CN=C(NCC(=O)N1CCN(c2ccccc2)CC1)N1CCN(c2ncccn2)CC1. The summed E-state index contributed by atoms with van der Waals surface area (Å²) in [4.78, 5) is 34.4. The number of nitrogens with zero attached hydrogens (tertiary/aromatic N) is 7. The Hall–Kier alpha value is -3.36. The smallest absolute Gasteiger partial charge is 0.242 e. The van der Waals surface area contributed by atoms with E-state index in [1.807, 2.05) is 17.0 Å². The molecule has 2 fully saturated rings. The molecule has 2 aromatic rings. The molecule has 0 bridgehead atoms. The molecule has 2 aliphatic heterocycles. The third kappa shape index (κ3) is 5.22. The molecule has 3 heterocycles. The van der Waals surface area contributed by atoms with Gasteiger partial charge in [0.15, 0.2) is 5.96 Å².